The highest BCUT2D eigenvalue weighted by Crippen LogP contribution is 2.30. The maximum atomic E-state index is 5.96. The summed E-state index contributed by atoms with van der Waals surface area (Å²) < 4.78 is 5.65. The van der Waals surface area contributed by atoms with E-state index in [1.807, 2.05) is 0 Å². The van der Waals surface area contributed by atoms with E-state index in [1.165, 1.54) is 44.9 Å². The van der Waals surface area contributed by atoms with Crippen molar-refractivity contribution in [1.29, 1.82) is 0 Å². The zero-order valence-corrected chi connectivity index (χ0v) is 8.37. The van der Waals surface area contributed by atoms with Crippen LogP contribution in [0.3, 0.4) is 0 Å². The molecular weight excluding hydrogens is 162 g/mol. The molecule has 1 aliphatic heterocycles. The fraction of sp³-hybridized carbons (Fsp3) is 1.00. The van der Waals surface area contributed by atoms with Gasteiger partial charge < -0.3 is 10.5 Å². The fourth-order valence-electron chi connectivity index (χ4n) is 2.75. The summed E-state index contributed by atoms with van der Waals surface area (Å²) in [6, 6.07) is 0.472. The van der Waals surface area contributed by atoms with Crippen molar-refractivity contribution in [3.8, 4) is 0 Å². The minimum Gasteiger partial charge on any atom is -0.378 e. The van der Waals surface area contributed by atoms with E-state index in [1.54, 1.807) is 0 Å². The van der Waals surface area contributed by atoms with Crippen molar-refractivity contribution in [3.63, 3.8) is 0 Å². The lowest BCUT2D eigenvalue weighted by Crippen LogP contribution is -2.29. The lowest BCUT2D eigenvalue weighted by Gasteiger charge is -2.28. The van der Waals surface area contributed by atoms with Crippen molar-refractivity contribution < 1.29 is 4.74 Å². The lowest BCUT2D eigenvalue weighted by molar-refractivity contribution is 0.0815. The Morgan fingerprint density at radius 2 is 2.08 bits per heavy atom. The van der Waals surface area contributed by atoms with Crippen LogP contribution in [-0.4, -0.2) is 18.8 Å². The Labute approximate surface area is 80.8 Å². The van der Waals surface area contributed by atoms with Gasteiger partial charge in [-0.3, -0.25) is 0 Å². The first-order chi connectivity index (χ1) is 6.34. The molecule has 3 unspecified atom stereocenters. The highest BCUT2D eigenvalue weighted by Gasteiger charge is 2.24. The van der Waals surface area contributed by atoms with Crippen molar-refractivity contribution in [2.24, 2.45) is 11.7 Å². The van der Waals surface area contributed by atoms with Gasteiger partial charge in [0, 0.05) is 12.6 Å². The molecule has 76 valence electrons. The van der Waals surface area contributed by atoms with Crippen LogP contribution in [0.2, 0.25) is 0 Å². The summed E-state index contributed by atoms with van der Waals surface area (Å²) in [5.74, 6) is 0.854. The maximum absolute atomic E-state index is 5.96. The van der Waals surface area contributed by atoms with E-state index in [4.69, 9.17) is 10.5 Å². The quantitative estimate of drug-likeness (QED) is 0.711. The van der Waals surface area contributed by atoms with Gasteiger partial charge in [-0.1, -0.05) is 12.8 Å². The minimum atomic E-state index is 0.472. The van der Waals surface area contributed by atoms with Gasteiger partial charge in [0.15, 0.2) is 0 Å². The number of hydrogen-bond donors (Lipinski definition) is 1. The van der Waals surface area contributed by atoms with Crippen molar-refractivity contribution in [2.45, 2.75) is 57.1 Å². The third-order valence-electron chi connectivity index (χ3n) is 3.44. The van der Waals surface area contributed by atoms with Gasteiger partial charge in [-0.2, -0.15) is 0 Å². The van der Waals surface area contributed by atoms with Crippen LogP contribution in [0.25, 0.3) is 0 Å². The highest BCUT2D eigenvalue weighted by atomic mass is 16.5. The Balaban J connectivity index is 1.73. The SMILES string of the molecule is NC1CCCC(CC2CCCO2)C1. The van der Waals surface area contributed by atoms with E-state index < -0.39 is 0 Å². The second-order valence-corrected chi connectivity index (χ2v) is 4.66. The molecule has 0 bridgehead atoms. The molecule has 2 heteroatoms. The van der Waals surface area contributed by atoms with Gasteiger partial charge in [-0.15, -0.1) is 0 Å². The second kappa shape index (κ2) is 4.43. The van der Waals surface area contributed by atoms with Gasteiger partial charge in [0.1, 0.15) is 0 Å². The molecule has 1 saturated heterocycles. The van der Waals surface area contributed by atoms with Crippen LogP contribution in [-0.2, 0) is 4.74 Å². The van der Waals surface area contributed by atoms with Crippen LogP contribution < -0.4 is 5.73 Å². The van der Waals surface area contributed by atoms with Crippen molar-refractivity contribution in [2.75, 3.05) is 6.61 Å². The zero-order valence-electron chi connectivity index (χ0n) is 8.37. The van der Waals surface area contributed by atoms with Crippen molar-refractivity contribution >= 4 is 0 Å². The monoisotopic (exact) mass is 183 g/mol. The average molecular weight is 183 g/mol. The summed E-state index contributed by atoms with van der Waals surface area (Å²) in [4.78, 5) is 0. The average Bonchev–Trinajstić information content (AvgIpc) is 2.57. The molecule has 0 radical (unpaired) electrons. The largest absolute Gasteiger partial charge is 0.378 e. The first-order valence-electron chi connectivity index (χ1n) is 5.72. The van der Waals surface area contributed by atoms with Gasteiger partial charge in [0.25, 0.3) is 0 Å². The number of hydrogen-bond acceptors (Lipinski definition) is 2. The number of nitrogens with two attached hydrogens (primary N) is 1. The second-order valence-electron chi connectivity index (χ2n) is 4.66. The molecule has 0 amide bonds. The molecule has 0 aromatic carbocycles. The van der Waals surface area contributed by atoms with Crippen LogP contribution in [0.5, 0.6) is 0 Å². The molecule has 1 aliphatic carbocycles. The van der Waals surface area contributed by atoms with E-state index >= 15 is 0 Å². The molecular formula is C11H21NO. The topological polar surface area (TPSA) is 35.2 Å². The molecule has 2 rings (SSSR count). The Kier molecular flexibility index (Phi) is 3.23. The molecule has 0 aromatic rings. The van der Waals surface area contributed by atoms with Crippen molar-refractivity contribution in [3.05, 3.63) is 0 Å². The Morgan fingerprint density at radius 3 is 2.77 bits per heavy atom. The molecule has 13 heavy (non-hydrogen) atoms. The third kappa shape index (κ3) is 2.68. The summed E-state index contributed by atoms with van der Waals surface area (Å²) in [5.41, 5.74) is 5.96. The first kappa shape index (κ1) is 9.47. The van der Waals surface area contributed by atoms with Gasteiger partial charge in [-0.25, -0.2) is 0 Å². The summed E-state index contributed by atoms with van der Waals surface area (Å²) >= 11 is 0. The number of ether oxygens (including phenoxy) is 1. The van der Waals surface area contributed by atoms with Crippen molar-refractivity contribution in [1.82, 2.24) is 0 Å². The van der Waals surface area contributed by atoms with E-state index in [0.717, 1.165) is 12.5 Å². The normalized spacial score (nSPS) is 40.8. The third-order valence-corrected chi connectivity index (χ3v) is 3.44. The van der Waals surface area contributed by atoms with E-state index in [2.05, 4.69) is 0 Å². The van der Waals surface area contributed by atoms with E-state index in [9.17, 15) is 0 Å². The summed E-state index contributed by atoms with van der Waals surface area (Å²) in [5, 5.41) is 0. The summed E-state index contributed by atoms with van der Waals surface area (Å²) in [6.07, 6.45) is 9.58. The molecule has 2 aliphatic rings. The fourth-order valence-corrected chi connectivity index (χ4v) is 2.75. The summed E-state index contributed by atoms with van der Waals surface area (Å²) in [7, 11) is 0. The van der Waals surface area contributed by atoms with Crippen LogP contribution in [0, 0.1) is 5.92 Å². The zero-order chi connectivity index (χ0) is 9.10. The Morgan fingerprint density at radius 1 is 1.15 bits per heavy atom. The Hall–Kier alpha value is -0.0800. The molecule has 2 nitrogen and oxygen atoms in total. The molecule has 3 atom stereocenters. The molecule has 0 spiro atoms. The van der Waals surface area contributed by atoms with Gasteiger partial charge in [0.2, 0.25) is 0 Å². The summed E-state index contributed by atoms with van der Waals surface area (Å²) in [6.45, 7) is 0.990. The maximum Gasteiger partial charge on any atom is 0.0578 e. The van der Waals surface area contributed by atoms with Gasteiger partial charge >= 0.3 is 0 Å². The van der Waals surface area contributed by atoms with Crippen LogP contribution in [0.1, 0.15) is 44.9 Å². The first-order valence-corrected chi connectivity index (χ1v) is 5.72. The van der Waals surface area contributed by atoms with Gasteiger partial charge in [-0.05, 0) is 38.0 Å². The highest BCUT2D eigenvalue weighted by molar-refractivity contribution is 4.78. The van der Waals surface area contributed by atoms with Crippen LogP contribution in [0.15, 0.2) is 0 Å². The molecule has 2 fully saturated rings. The number of rotatable bonds is 2. The molecule has 0 aromatic heterocycles. The molecule has 1 saturated carbocycles. The van der Waals surface area contributed by atoms with E-state index in [-0.39, 0.29) is 0 Å². The predicted molar refractivity (Wildman–Crippen MR) is 53.5 cm³/mol. The molecule has 1 heterocycles. The molecule has 2 N–H and O–H groups in total. The van der Waals surface area contributed by atoms with Crippen LogP contribution in [0.4, 0.5) is 0 Å². The van der Waals surface area contributed by atoms with Crippen LogP contribution >= 0.6 is 0 Å². The minimum absolute atomic E-state index is 0.472. The Bertz CT molecular complexity index is 154. The standard InChI is InChI=1S/C11H21NO/c12-10-4-1-3-9(7-10)8-11-5-2-6-13-11/h9-11H,1-8,12H2. The van der Waals surface area contributed by atoms with Gasteiger partial charge in [0.05, 0.1) is 6.10 Å². The smallest absolute Gasteiger partial charge is 0.0578 e. The van der Waals surface area contributed by atoms with E-state index in [0.29, 0.717) is 12.1 Å². The lowest BCUT2D eigenvalue weighted by atomic mass is 9.82. The predicted octanol–water partition coefficient (Wildman–Crippen LogP) is 2.07.